The normalized spacial score (nSPS) is 9.39. The molecular weight excluding hydrogens is 260 g/mol. The highest BCUT2D eigenvalue weighted by molar-refractivity contribution is 5.99. The zero-order valence-corrected chi connectivity index (χ0v) is 10.6. The molecule has 1 aromatic rings. The SMILES string of the molecule is CNCCNC(=O)c1cc([N+](=O)[O-])ccc1N.Cl. The Morgan fingerprint density at radius 1 is 1.44 bits per heavy atom. The Bertz CT molecular complexity index is 439. The van der Waals surface area contributed by atoms with E-state index in [1.54, 1.807) is 7.05 Å². The van der Waals surface area contributed by atoms with E-state index in [-0.39, 0.29) is 29.3 Å². The van der Waals surface area contributed by atoms with Crippen molar-refractivity contribution in [2.45, 2.75) is 0 Å². The monoisotopic (exact) mass is 274 g/mol. The second-order valence-electron chi connectivity index (χ2n) is 3.39. The van der Waals surface area contributed by atoms with Gasteiger partial charge in [-0.3, -0.25) is 14.9 Å². The molecule has 1 rings (SSSR count). The minimum Gasteiger partial charge on any atom is -0.398 e. The third kappa shape index (κ3) is 4.19. The molecule has 8 heteroatoms. The van der Waals surface area contributed by atoms with E-state index in [0.29, 0.717) is 13.1 Å². The fourth-order valence-corrected chi connectivity index (χ4v) is 1.25. The van der Waals surface area contributed by atoms with Crippen molar-refractivity contribution < 1.29 is 9.72 Å². The fourth-order valence-electron chi connectivity index (χ4n) is 1.25. The topological polar surface area (TPSA) is 110 Å². The van der Waals surface area contributed by atoms with E-state index in [9.17, 15) is 14.9 Å². The predicted molar refractivity (Wildman–Crippen MR) is 71.0 cm³/mol. The molecule has 7 nitrogen and oxygen atoms in total. The van der Waals surface area contributed by atoms with Crippen LogP contribution >= 0.6 is 12.4 Å². The van der Waals surface area contributed by atoms with Crippen molar-refractivity contribution in [2.75, 3.05) is 25.9 Å². The first-order valence-corrected chi connectivity index (χ1v) is 5.03. The molecule has 0 fully saturated rings. The molecule has 1 amide bonds. The number of benzene rings is 1. The van der Waals surface area contributed by atoms with Crippen LogP contribution in [0.5, 0.6) is 0 Å². The molecule has 18 heavy (non-hydrogen) atoms. The van der Waals surface area contributed by atoms with Gasteiger partial charge in [-0.05, 0) is 13.1 Å². The average molecular weight is 275 g/mol. The van der Waals surface area contributed by atoms with Gasteiger partial charge in [-0.2, -0.15) is 0 Å². The van der Waals surface area contributed by atoms with E-state index in [4.69, 9.17) is 5.73 Å². The molecule has 0 bridgehead atoms. The molecular formula is C10H15ClN4O3. The molecule has 0 aliphatic heterocycles. The zero-order valence-electron chi connectivity index (χ0n) is 9.80. The summed E-state index contributed by atoms with van der Waals surface area (Å²) >= 11 is 0. The maximum atomic E-state index is 11.7. The van der Waals surface area contributed by atoms with Crippen molar-refractivity contribution >= 4 is 29.7 Å². The van der Waals surface area contributed by atoms with Gasteiger partial charge >= 0.3 is 0 Å². The smallest absolute Gasteiger partial charge is 0.270 e. The lowest BCUT2D eigenvalue weighted by Crippen LogP contribution is -2.30. The number of rotatable bonds is 5. The lowest BCUT2D eigenvalue weighted by atomic mass is 10.1. The van der Waals surface area contributed by atoms with Crippen molar-refractivity contribution in [3.8, 4) is 0 Å². The van der Waals surface area contributed by atoms with Crippen LogP contribution in [0.2, 0.25) is 0 Å². The van der Waals surface area contributed by atoms with Crippen molar-refractivity contribution in [2.24, 2.45) is 0 Å². The van der Waals surface area contributed by atoms with E-state index in [2.05, 4.69) is 10.6 Å². The number of nitrogens with zero attached hydrogens (tertiary/aromatic N) is 1. The van der Waals surface area contributed by atoms with Crippen molar-refractivity contribution in [1.82, 2.24) is 10.6 Å². The summed E-state index contributed by atoms with van der Waals surface area (Å²) in [7, 11) is 1.76. The number of likely N-dealkylation sites (N-methyl/N-ethyl adjacent to an activating group) is 1. The third-order valence-electron chi connectivity index (χ3n) is 2.15. The zero-order chi connectivity index (χ0) is 12.8. The fraction of sp³-hybridized carbons (Fsp3) is 0.300. The Morgan fingerprint density at radius 2 is 2.11 bits per heavy atom. The van der Waals surface area contributed by atoms with Crippen molar-refractivity contribution in [1.29, 1.82) is 0 Å². The number of nitrogen functional groups attached to an aromatic ring is 1. The Balaban J connectivity index is 0.00000289. The summed E-state index contributed by atoms with van der Waals surface area (Å²) in [6.45, 7) is 1.04. The van der Waals surface area contributed by atoms with Crippen LogP contribution in [0.25, 0.3) is 0 Å². The van der Waals surface area contributed by atoms with Gasteiger partial charge in [0.1, 0.15) is 0 Å². The summed E-state index contributed by atoms with van der Waals surface area (Å²) in [6.07, 6.45) is 0. The van der Waals surface area contributed by atoms with Crippen LogP contribution in [0.15, 0.2) is 18.2 Å². The lowest BCUT2D eigenvalue weighted by Gasteiger charge is -2.06. The molecule has 0 saturated heterocycles. The largest absolute Gasteiger partial charge is 0.398 e. The molecule has 0 heterocycles. The summed E-state index contributed by atoms with van der Waals surface area (Å²) in [5.74, 6) is -0.415. The van der Waals surface area contributed by atoms with Crippen LogP contribution in [0.1, 0.15) is 10.4 Å². The lowest BCUT2D eigenvalue weighted by molar-refractivity contribution is -0.384. The molecule has 1 aromatic carbocycles. The molecule has 0 radical (unpaired) electrons. The van der Waals surface area contributed by atoms with Gasteiger partial charge in [0.05, 0.1) is 10.5 Å². The van der Waals surface area contributed by atoms with Gasteiger partial charge in [0.15, 0.2) is 0 Å². The molecule has 0 aliphatic carbocycles. The van der Waals surface area contributed by atoms with Crippen LogP contribution in [-0.2, 0) is 0 Å². The predicted octanol–water partition coefficient (Wildman–Crippen LogP) is 0.548. The van der Waals surface area contributed by atoms with Gasteiger partial charge in [0, 0.05) is 30.9 Å². The summed E-state index contributed by atoms with van der Waals surface area (Å²) in [6, 6.07) is 3.79. The minimum atomic E-state index is -0.566. The first-order valence-electron chi connectivity index (χ1n) is 5.03. The van der Waals surface area contributed by atoms with Crippen molar-refractivity contribution in [3.05, 3.63) is 33.9 Å². The molecule has 0 aromatic heterocycles. The number of nitrogens with two attached hydrogens (primary N) is 1. The highest BCUT2D eigenvalue weighted by Gasteiger charge is 2.14. The van der Waals surface area contributed by atoms with Crippen molar-refractivity contribution in [3.63, 3.8) is 0 Å². The number of nitro groups is 1. The van der Waals surface area contributed by atoms with Gasteiger partial charge < -0.3 is 16.4 Å². The number of nitrogens with one attached hydrogen (secondary N) is 2. The van der Waals surface area contributed by atoms with Crippen LogP contribution in [0.4, 0.5) is 11.4 Å². The highest BCUT2D eigenvalue weighted by Crippen LogP contribution is 2.19. The van der Waals surface area contributed by atoms with Gasteiger partial charge in [-0.25, -0.2) is 0 Å². The first-order chi connectivity index (χ1) is 8.06. The van der Waals surface area contributed by atoms with Gasteiger partial charge in [0.25, 0.3) is 11.6 Å². The van der Waals surface area contributed by atoms with Gasteiger partial charge in [-0.15, -0.1) is 12.4 Å². The molecule has 100 valence electrons. The number of carbonyl (C=O) groups excluding carboxylic acids is 1. The quantitative estimate of drug-likeness (QED) is 0.314. The number of non-ortho nitro benzene ring substituents is 1. The Hall–Kier alpha value is -1.86. The summed E-state index contributed by atoms with van der Waals surface area (Å²) in [5, 5.41) is 16.0. The molecule has 0 unspecified atom stereocenters. The van der Waals surface area contributed by atoms with E-state index in [1.807, 2.05) is 0 Å². The minimum absolute atomic E-state index is 0. The van der Waals surface area contributed by atoms with Crippen LogP contribution < -0.4 is 16.4 Å². The van der Waals surface area contributed by atoms with Crippen LogP contribution in [-0.4, -0.2) is 31.0 Å². The summed E-state index contributed by atoms with van der Waals surface area (Å²) in [4.78, 5) is 21.7. The number of nitro benzene ring substituents is 1. The number of anilines is 1. The summed E-state index contributed by atoms with van der Waals surface area (Å²) < 4.78 is 0. The first kappa shape index (κ1) is 16.1. The molecule has 0 saturated carbocycles. The van der Waals surface area contributed by atoms with Gasteiger partial charge in [-0.1, -0.05) is 0 Å². The molecule has 4 N–H and O–H groups in total. The van der Waals surface area contributed by atoms with E-state index >= 15 is 0 Å². The number of carbonyl (C=O) groups is 1. The maximum absolute atomic E-state index is 11.7. The van der Waals surface area contributed by atoms with E-state index in [1.165, 1.54) is 18.2 Å². The molecule has 0 aliphatic rings. The average Bonchev–Trinajstić information content (AvgIpc) is 2.29. The number of amides is 1. The van der Waals surface area contributed by atoms with Crippen LogP contribution in [0.3, 0.4) is 0 Å². The molecule has 0 atom stereocenters. The number of halogens is 1. The standard InChI is InChI=1S/C10H14N4O3.ClH/c1-12-4-5-13-10(15)8-6-7(14(16)17)2-3-9(8)11;/h2-3,6,12H,4-5,11H2,1H3,(H,13,15);1H. The van der Waals surface area contributed by atoms with Crippen LogP contribution in [0, 0.1) is 10.1 Å². The third-order valence-corrected chi connectivity index (χ3v) is 2.15. The number of hydrogen-bond acceptors (Lipinski definition) is 5. The second-order valence-corrected chi connectivity index (χ2v) is 3.39. The van der Waals surface area contributed by atoms with E-state index < -0.39 is 10.8 Å². The number of hydrogen-bond donors (Lipinski definition) is 3. The Labute approximate surface area is 110 Å². The highest BCUT2D eigenvalue weighted by atomic mass is 35.5. The summed E-state index contributed by atoms with van der Waals surface area (Å²) in [5.41, 5.74) is 5.78. The Kier molecular flexibility index (Phi) is 6.69. The molecule has 0 spiro atoms. The Morgan fingerprint density at radius 3 is 2.67 bits per heavy atom. The maximum Gasteiger partial charge on any atom is 0.270 e. The van der Waals surface area contributed by atoms with Gasteiger partial charge in [0.2, 0.25) is 0 Å². The second kappa shape index (κ2) is 7.46. The van der Waals surface area contributed by atoms with E-state index in [0.717, 1.165) is 0 Å².